The van der Waals surface area contributed by atoms with Crippen LogP contribution in [0.15, 0.2) is 18.2 Å². The number of methoxy groups -OCH3 is 1. The lowest BCUT2D eigenvalue weighted by molar-refractivity contribution is -0.140. The summed E-state index contributed by atoms with van der Waals surface area (Å²) in [6.07, 6.45) is 1.09. The second kappa shape index (κ2) is 4.65. The van der Waals surface area contributed by atoms with Crippen molar-refractivity contribution < 1.29 is 9.53 Å². The van der Waals surface area contributed by atoms with E-state index in [-0.39, 0.29) is 5.97 Å². The van der Waals surface area contributed by atoms with Crippen molar-refractivity contribution in [1.29, 1.82) is 0 Å². The third-order valence-electron chi connectivity index (χ3n) is 2.31. The number of aryl methyl sites for hydroxylation is 1. The Morgan fingerprint density at radius 2 is 2.21 bits per heavy atom. The van der Waals surface area contributed by atoms with Crippen molar-refractivity contribution in [2.75, 3.05) is 12.8 Å². The van der Waals surface area contributed by atoms with E-state index in [9.17, 15) is 4.79 Å². The maximum Gasteiger partial charge on any atom is 0.305 e. The Morgan fingerprint density at radius 3 is 2.86 bits per heavy atom. The Balaban J connectivity index is 2.68. The standard InChI is InChI=1S/C11H15NO2/c1-8-9(4-3-5-10(8)12)6-7-11(13)14-2/h3-5H,6-7,12H2,1-2H3. The molecule has 0 spiro atoms. The number of anilines is 1. The van der Waals surface area contributed by atoms with Gasteiger partial charge in [0.25, 0.3) is 0 Å². The fourth-order valence-electron chi connectivity index (χ4n) is 1.31. The summed E-state index contributed by atoms with van der Waals surface area (Å²) in [5.41, 5.74) is 8.67. The average Bonchev–Trinajstić information content (AvgIpc) is 2.20. The molecule has 76 valence electrons. The Morgan fingerprint density at radius 1 is 1.50 bits per heavy atom. The molecule has 2 N–H and O–H groups in total. The molecule has 0 radical (unpaired) electrons. The SMILES string of the molecule is COC(=O)CCc1cccc(N)c1C. The van der Waals surface area contributed by atoms with E-state index in [4.69, 9.17) is 5.73 Å². The number of benzene rings is 1. The lowest BCUT2D eigenvalue weighted by Gasteiger charge is -2.07. The minimum Gasteiger partial charge on any atom is -0.469 e. The fraction of sp³-hybridized carbons (Fsp3) is 0.364. The van der Waals surface area contributed by atoms with Gasteiger partial charge < -0.3 is 10.5 Å². The summed E-state index contributed by atoms with van der Waals surface area (Å²) in [6.45, 7) is 1.96. The van der Waals surface area contributed by atoms with Crippen molar-refractivity contribution in [2.45, 2.75) is 19.8 Å². The molecule has 1 aromatic rings. The molecular weight excluding hydrogens is 178 g/mol. The Hall–Kier alpha value is -1.51. The van der Waals surface area contributed by atoms with Crippen molar-refractivity contribution in [2.24, 2.45) is 0 Å². The summed E-state index contributed by atoms with van der Waals surface area (Å²) in [5.74, 6) is -0.188. The summed E-state index contributed by atoms with van der Waals surface area (Å²) in [7, 11) is 1.40. The van der Waals surface area contributed by atoms with E-state index >= 15 is 0 Å². The summed E-state index contributed by atoms with van der Waals surface area (Å²) >= 11 is 0. The topological polar surface area (TPSA) is 52.3 Å². The molecule has 0 amide bonds. The Bertz CT molecular complexity index is 334. The smallest absolute Gasteiger partial charge is 0.305 e. The number of hydrogen-bond donors (Lipinski definition) is 1. The number of hydrogen-bond acceptors (Lipinski definition) is 3. The fourth-order valence-corrected chi connectivity index (χ4v) is 1.31. The second-order valence-electron chi connectivity index (χ2n) is 3.21. The van der Waals surface area contributed by atoms with Gasteiger partial charge in [0.1, 0.15) is 0 Å². The van der Waals surface area contributed by atoms with Gasteiger partial charge in [0, 0.05) is 12.1 Å². The summed E-state index contributed by atoms with van der Waals surface area (Å²) in [6, 6.07) is 5.74. The molecule has 3 nitrogen and oxygen atoms in total. The van der Waals surface area contributed by atoms with Gasteiger partial charge in [-0.25, -0.2) is 0 Å². The minimum absolute atomic E-state index is 0.188. The first-order valence-corrected chi connectivity index (χ1v) is 4.56. The zero-order valence-electron chi connectivity index (χ0n) is 8.54. The third kappa shape index (κ3) is 2.49. The number of nitrogens with two attached hydrogens (primary N) is 1. The highest BCUT2D eigenvalue weighted by atomic mass is 16.5. The van der Waals surface area contributed by atoms with Crippen LogP contribution in [0.4, 0.5) is 5.69 Å². The molecule has 3 heteroatoms. The Kier molecular flexibility index (Phi) is 3.51. The lowest BCUT2D eigenvalue weighted by atomic mass is 10.0. The largest absolute Gasteiger partial charge is 0.469 e. The van der Waals surface area contributed by atoms with E-state index in [0.717, 1.165) is 16.8 Å². The van der Waals surface area contributed by atoms with Gasteiger partial charge >= 0.3 is 5.97 Å². The maximum atomic E-state index is 10.9. The first-order chi connectivity index (χ1) is 6.65. The van der Waals surface area contributed by atoms with Crippen molar-refractivity contribution in [3.63, 3.8) is 0 Å². The lowest BCUT2D eigenvalue weighted by Crippen LogP contribution is -2.03. The van der Waals surface area contributed by atoms with Gasteiger partial charge in [-0.2, -0.15) is 0 Å². The number of esters is 1. The van der Waals surface area contributed by atoms with Gasteiger partial charge in [0.2, 0.25) is 0 Å². The first kappa shape index (κ1) is 10.6. The van der Waals surface area contributed by atoms with Crippen LogP contribution in [-0.2, 0) is 16.0 Å². The van der Waals surface area contributed by atoms with Gasteiger partial charge in [-0.15, -0.1) is 0 Å². The van der Waals surface area contributed by atoms with Crippen LogP contribution in [0.25, 0.3) is 0 Å². The summed E-state index contributed by atoms with van der Waals surface area (Å²) in [4.78, 5) is 10.9. The number of carbonyl (C=O) groups excluding carboxylic acids is 1. The van der Waals surface area contributed by atoms with E-state index < -0.39 is 0 Å². The number of ether oxygens (including phenoxy) is 1. The van der Waals surface area contributed by atoms with Gasteiger partial charge in [0.15, 0.2) is 0 Å². The highest BCUT2D eigenvalue weighted by Gasteiger charge is 2.04. The van der Waals surface area contributed by atoms with Crippen molar-refractivity contribution in [3.05, 3.63) is 29.3 Å². The number of nitrogen functional groups attached to an aromatic ring is 1. The van der Waals surface area contributed by atoms with Gasteiger partial charge in [0.05, 0.1) is 7.11 Å². The molecule has 0 bridgehead atoms. The van der Waals surface area contributed by atoms with Crippen LogP contribution in [0.1, 0.15) is 17.5 Å². The van der Waals surface area contributed by atoms with E-state index in [1.54, 1.807) is 0 Å². The van der Waals surface area contributed by atoms with Crippen molar-refractivity contribution >= 4 is 11.7 Å². The normalized spacial score (nSPS) is 9.86. The third-order valence-corrected chi connectivity index (χ3v) is 2.31. The maximum absolute atomic E-state index is 10.9. The molecular formula is C11H15NO2. The van der Waals surface area contributed by atoms with E-state index in [1.165, 1.54) is 7.11 Å². The molecule has 0 fully saturated rings. The van der Waals surface area contributed by atoms with E-state index in [0.29, 0.717) is 12.8 Å². The minimum atomic E-state index is -0.188. The van der Waals surface area contributed by atoms with Gasteiger partial charge in [-0.1, -0.05) is 12.1 Å². The van der Waals surface area contributed by atoms with Crippen LogP contribution in [0, 0.1) is 6.92 Å². The molecule has 14 heavy (non-hydrogen) atoms. The van der Waals surface area contributed by atoms with E-state index in [2.05, 4.69) is 4.74 Å². The number of carbonyl (C=O) groups is 1. The molecule has 0 atom stereocenters. The zero-order valence-corrected chi connectivity index (χ0v) is 8.54. The monoisotopic (exact) mass is 193 g/mol. The second-order valence-corrected chi connectivity index (χ2v) is 3.21. The average molecular weight is 193 g/mol. The van der Waals surface area contributed by atoms with Crippen LogP contribution in [0.3, 0.4) is 0 Å². The molecule has 0 aliphatic heterocycles. The highest BCUT2D eigenvalue weighted by molar-refractivity contribution is 5.69. The molecule has 0 heterocycles. The zero-order chi connectivity index (χ0) is 10.6. The number of rotatable bonds is 3. The quantitative estimate of drug-likeness (QED) is 0.587. The van der Waals surface area contributed by atoms with Gasteiger partial charge in [-0.05, 0) is 30.5 Å². The predicted molar refractivity (Wildman–Crippen MR) is 55.9 cm³/mol. The van der Waals surface area contributed by atoms with Crippen LogP contribution in [0.2, 0.25) is 0 Å². The first-order valence-electron chi connectivity index (χ1n) is 4.56. The van der Waals surface area contributed by atoms with Crippen LogP contribution >= 0.6 is 0 Å². The molecule has 1 rings (SSSR count). The van der Waals surface area contributed by atoms with Crippen molar-refractivity contribution in [3.8, 4) is 0 Å². The van der Waals surface area contributed by atoms with Crippen LogP contribution in [0.5, 0.6) is 0 Å². The highest BCUT2D eigenvalue weighted by Crippen LogP contribution is 2.16. The molecule has 0 unspecified atom stereocenters. The molecule has 0 saturated carbocycles. The summed E-state index contributed by atoms with van der Waals surface area (Å²) in [5, 5.41) is 0. The Labute approximate surface area is 83.9 Å². The summed E-state index contributed by atoms with van der Waals surface area (Å²) < 4.78 is 4.57. The van der Waals surface area contributed by atoms with E-state index in [1.807, 2.05) is 25.1 Å². The molecule has 0 aromatic heterocycles. The van der Waals surface area contributed by atoms with Gasteiger partial charge in [-0.3, -0.25) is 4.79 Å². The van der Waals surface area contributed by atoms with Crippen LogP contribution < -0.4 is 5.73 Å². The molecule has 0 saturated heterocycles. The predicted octanol–water partition coefficient (Wildman–Crippen LogP) is 1.68. The van der Waals surface area contributed by atoms with Crippen LogP contribution in [-0.4, -0.2) is 13.1 Å². The molecule has 1 aromatic carbocycles. The van der Waals surface area contributed by atoms with Crippen molar-refractivity contribution in [1.82, 2.24) is 0 Å². The molecule has 0 aliphatic carbocycles. The molecule has 0 aliphatic rings.